The molecule has 1 N–H and O–H groups in total. The molecule has 1 aromatic heterocycles. The Hall–Kier alpha value is -1.59. The molecule has 0 spiro atoms. The van der Waals surface area contributed by atoms with Gasteiger partial charge in [-0.2, -0.15) is 0 Å². The van der Waals surface area contributed by atoms with Gasteiger partial charge in [-0.05, 0) is 44.4 Å². The van der Waals surface area contributed by atoms with Crippen molar-refractivity contribution in [1.82, 2.24) is 25.0 Å². The summed E-state index contributed by atoms with van der Waals surface area (Å²) in [7, 11) is 0. The smallest absolute Gasteiger partial charge is 0.194 e. The number of fused-ring (bicyclic) bond motifs is 2. The van der Waals surface area contributed by atoms with Crippen LogP contribution in [0.3, 0.4) is 0 Å². The number of nitrogens with zero attached hydrogens (tertiary/aromatic N) is 5. The zero-order valence-electron chi connectivity index (χ0n) is 15.6. The number of likely N-dealkylation sites (tertiary alicyclic amines) is 1. The van der Waals surface area contributed by atoms with E-state index in [0.29, 0.717) is 6.54 Å². The lowest BCUT2D eigenvalue weighted by molar-refractivity contribution is 0.299. The molecule has 2 unspecified atom stereocenters. The van der Waals surface area contributed by atoms with E-state index in [1.165, 1.54) is 58.0 Å². The van der Waals surface area contributed by atoms with Crippen LogP contribution in [0.5, 0.6) is 0 Å². The van der Waals surface area contributed by atoms with Crippen LogP contribution in [-0.4, -0.2) is 45.3 Å². The van der Waals surface area contributed by atoms with E-state index in [1.54, 1.807) is 0 Å². The molecule has 2 atom stereocenters. The number of hydrogen-bond donors (Lipinski definition) is 1. The molecule has 25 heavy (non-hydrogen) atoms. The minimum Gasteiger partial charge on any atom is -0.357 e. The van der Waals surface area contributed by atoms with Crippen molar-refractivity contribution in [1.29, 1.82) is 0 Å². The molecule has 1 aromatic rings. The zero-order valence-corrected chi connectivity index (χ0v) is 15.6. The Labute approximate surface area is 151 Å². The van der Waals surface area contributed by atoms with Gasteiger partial charge in [-0.3, -0.25) is 0 Å². The van der Waals surface area contributed by atoms with Gasteiger partial charge in [-0.25, -0.2) is 4.99 Å². The fourth-order valence-electron chi connectivity index (χ4n) is 4.81. The second kappa shape index (κ2) is 7.75. The van der Waals surface area contributed by atoms with Crippen LogP contribution in [0, 0.1) is 11.8 Å². The fraction of sp³-hybridized carbons (Fsp3) is 0.842. The molecule has 3 heterocycles. The molecule has 1 aliphatic carbocycles. The molecule has 6 heteroatoms. The molecule has 138 valence electrons. The average Bonchev–Trinajstić information content (AvgIpc) is 3.15. The number of aliphatic imine (C=N–C) groups is 1. The van der Waals surface area contributed by atoms with Gasteiger partial charge < -0.3 is 14.8 Å². The molecular formula is C19H32N6. The van der Waals surface area contributed by atoms with Crippen molar-refractivity contribution in [2.24, 2.45) is 16.8 Å². The standard InChI is InChI=1S/C19H32N6/c1-2-20-19(24-13-15-8-5-6-9-16(15)14-24)21-12-18-23-22-17-10-4-3-7-11-25(17)18/h15-16H,2-14H2,1H3,(H,20,21). The Morgan fingerprint density at radius 1 is 1.08 bits per heavy atom. The molecule has 3 aliphatic rings. The summed E-state index contributed by atoms with van der Waals surface area (Å²) < 4.78 is 2.31. The summed E-state index contributed by atoms with van der Waals surface area (Å²) in [5, 5.41) is 12.3. The van der Waals surface area contributed by atoms with Crippen molar-refractivity contribution in [3.05, 3.63) is 11.6 Å². The second-order valence-corrected chi connectivity index (χ2v) is 7.87. The largest absolute Gasteiger partial charge is 0.357 e. The third-order valence-electron chi connectivity index (χ3n) is 6.17. The van der Waals surface area contributed by atoms with E-state index in [9.17, 15) is 0 Å². The normalized spacial score (nSPS) is 26.9. The zero-order chi connectivity index (χ0) is 17.1. The summed E-state index contributed by atoms with van der Waals surface area (Å²) in [4.78, 5) is 7.43. The van der Waals surface area contributed by atoms with Crippen molar-refractivity contribution in [3.63, 3.8) is 0 Å². The minimum absolute atomic E-state index is 0.640. The quantitative estimate of drug-likeness (QED) is 0.676. The first kappa shape index (κ1) is 16.9. The number of aryl methyl sites for hydroxylation is 1. The number of aromatic nitrogens is 3. The molecule has 4 rings (SSSR count). The highest BCUT2D eigenvalue weighted by Gasteiger charge is 2.35. The minimum atomic E-state index is 0.640. The second-order valence-electron chi connectivity index (χ2n) is 7.87. The molecule has 0 radical (unpaired) electrons. The van der Waals surface area contributed by atoms with Crippen LogP contribution in [0.15, 0.2) is 4.99 Å². The van der Waals surface area contributed by atoms with Gasteiger partial charge in [-0.1, -0.05) is 19.3 Å². The molecule has 0 amide bonds. The SMILES string of the molecule is CCNC(=NCc1nnc2n1CCCCC2)N1CC2CCCCC2C1. The summed E-state index contributed by atoms with van der Waals surface area (Å²) in [5.74, 6) is 5.01. The van der Waals surface area contributed by atoms with Crippen LogP contribution in [-0.2, 0) is 19.5 Å². The average molecular weight is 345 g/mol. The van der Waals surface area contributed by atoms with Crippen LogP contribution in [0.25, 0.3) is 0 Å². The fourth-order valence-corrected chi connectivity index (χ4v) is 4.81. The maximum absolute atomic E-state index is 4.94. The molecular weight excluding hydrogens is 312 g/mol. The molecule has 0 aromatic carbocycles. The van der Waals surface area contributed by atoms with E-state index < -0.39 is 0 Å². The summed E-state index contributed by atoms with van der Waals surface area (Å²) in [6, 6.07) is 0. The van der Waals surface area contributed by atoms with Gasteiger partial charge in [0.15, 0.2) is 11.8 Å². The third-order valence-corrected chi connectivity index (χ3v) is 6.17. The van der Waals surface area contributed by atoms with E-state index in [4.69, 9.17) is 4.99 Å². The lowest BCUT2D eigenvalue weighted by atomic mass is 9.82. The van der Waals surface area contributed by atoms with E-state index in [1.807, 2.05) is 0 Å². The highest BCUT2D eigenvalue weighted by Crippen LogP contribution is 2.36. The van der Waals surface area contributed by atoms with Crippen molar-refractivity contribution in [2.75, 3.05) is 19.6 Å². The summed E-state index contributed by atoms with van der Waals surface area (Å²) in [5.41, 5.74) is 0. The number of nitrogens with one attached hydrogen (secondary N) is 1. The first-order valence-corrected chi connectivity index (χ1v) is 10.3. The predicted octanol–water partition coefficient (Wildman–Crippen LogP) is 2.59. The van der Waals surface area contributed by atoms with E-state index in [0.717, 1.165) is 49.0 Å². The van der Waals surface area contributed by atoms with Gasteiger partial charge in [0.25, 0.3) is 0 Å². The van der Waals surface area contributed by atoms with Gasteiger partial charge in [0.2, 0.25) is 0 Å². The molecule has 6 nitrogen and oxygen atoms in total. The van der Waals surface area contributed by atoms with Crippen molar-refractivity contribution in [2.45, 2.75) is 71.4 Å². The predicted molar refractivity (Wildman–Crippen MR) is 99.4 cm³/mol. The third kappa shape index (κ3) is 3.67. The Bertz CT molecular complexity index is 593. The maximum atomic E-state index is 4.94. The Morgan fingerprint density at radius 3 is 2.64 bits per heavy atom. The number of hydrogen-bond acceptors (Lipinski definition) is 3. The van der Waals surface area contributed by atoms with Crippen LogP contribution >= 0.6 is 0 Å². The lowest BCUT2D eigenvalue weighted by Crippen LogP contribution is -2.40. The van der Waals surface area contributed by atoms with E-state index >= 15 is 0 Å². The van der Waals surface area contributed by atoms with E-state index in [-0.39, 0.29) is 0 Å². The summed E-state index contributed by atoms with van der Waals surface area (Å²) in [6.45, 7) is 7.12. The van der Waals surface area contributed by atoms with Crippen LogP contribution in [0.2, 0.25) is 0 Å². The topological polar surface area (TPSA) is 58.3 Å². The first-order chi connectivity index (χ1) is 12.3. The van der Waals surface area contributed by atoms with Crippen LogP contribution in [0.4, 0.5) is 0 Å². The molecule has 2 aliphatic heterocycles. The first-order valence-electron chi connectivity index (χ1n) is 10.3. The van der Waals surface area contributed by atoms with Crippen molar-refractivity contribution < 1.29 is 0 Å². The summed E-state index contributed by atoms with van der Waals surface area (Å²) >= 11 is 0. The van der Waals surface area contributed by atoms with Crippen LogP contribution in [0.1, 0.15) is 63.5 Å². The van der Waals surface area contributed by atoms with Crippen molar-refractivity contribution in [3.8, 4) is 0 Å². The van der Waals surface area contributed by atoms with Gasteiger partial charge in [-0.15, -0.1) is 10.2 Å². The molecule has 1 saturated carbocycles. The maximum Gasteiger partial charge on any atom is 0.194 e. The summed E-state index contributed by atoms with van der Waals surface area (Å²) in [6.07, 6.45) is 10.5. The highest BCUT2D eigenvalue weighted by atomic mass is 15.3. The van der Waals surface area contributed by atoms with Crippen molar-refractivity contribution >= 4 is 5.96 Å². The Balaban J connectivity index is 1.47. The Morgan fingerprint density at radius 2 is 1.88 bits per heavy atom. The highest BCUT2D eigenvalue weighted by molar-refractivity contribution is 5.80. The Kier molecular flexibility index (Phi) is 5.22. The molecule has 0 bridgehead atoms. The van der Waals surface area contributed by atoms with Crippen LogP contribution < -0.4 is 5.32 Å². The number of guanidine groups is 1. The van der Waals surface area contributed by atoms with Gasteiger partial charge in [0.1, 0.15) is 12.4 Å². The van der Waals surface area contributed by atoms with Gasteiger partial charge in [0.05, 0.1) is 0 Å². The van der Waals surface area contributed by atoms with Gasteiger partial charge in [0, 0.05) is 32.6 Å². The number of rotatable bonds is 3. The lowest BCUT2D eigenvalue weighted by Gasteiger charge is -2.22. The molecule has 1 saturated heterocycles. The van der Waals surface area contributed by atoms with Gasteiger partial charge >= 0.3 is 0 Å². The van der Waals surface area contributed by atoms with E-state index in [2.05, 4.69) is 31.9 Å². The monoisotopic (exact) mass is 344 g/mol. The molecule has 2 fully saturated rings.